The van der Waals surface area contributed by atoms with Gasteiger partial charge in [-0.2, -0.15) is 0 Å². The van der Waals surface area contributed by atoms with Crippen molar-refractivity contribution < 1.29 is 19.0 Å². The number of hydrogen-bond acceptors (Lipinski definition) is 4. The van der Waals surface area contributed by atoms with Crippen LogP contribution in [0.3, 0.4) is 0 Å². The summed E-state index contributed by atoms with van der Waals surface area (Å²) < 4.78 is 19.3. The van der Waals surface area contributed by atoms with E-state index in [0.717, 1.165) is 64.6 Å². The normalized spacial score (nSPS) is 51.7. The molecule has 3 unspecified atom stereocenters. The van der Waals surface area contributed by atoms with Crippen LogP contribution in [0.25, 0.3) is 0 Å². The van der Waals surface area contributed by atoms with E-state index in [9.17, 15) is 4.79 Å². The first-order valence-electron chi connectivity index (χ1n) is 11.0. The Labute approximate surface area is 162 Å². The van der Waals surface area contributed by atoms with Crippen molar-refractivity contribution in [3.8, 4) is 0 Å². The van der Waals surface area contributed by atoms with Crippen LogP contribution in [0.1, 0.15) is 72.1 Å². The topological polar surface area (TPSA) is 48.1 Å². The quantitative estimate of drug-likeness (QED) is 0.473. The number of hydrogen-bond donors (Lipinski definition) is 0. The van der Waals surface area contributed by atoms with Gasteiger partial charge in [0, 0.05) is 30.1 Å². The van der Waals surface area contributed by atoms with E-state index in [0.29, 0.717) is 17.6 Å². The summed E-state index contributed by atoms with van der Waals surface area (Å²) in [5.41, 5.74) is 1.37. The molecule has 0 bridgehead atoms. The number of epoxide rings is 1. The number of ketones is 1. The molecule has 5 atom stereocenters. The van der Waals surface area contributed by atoms with Gasteiger partial charge >= 0.3 is 0 Å². The molecule has 0 radical (unpaired) electrons. The van der Waals surface area contributed by atoms with E-state index in [4.69, 9.17) is 14.2 Å². The van der Waals surface area contributed by atoms with Crippen molar-refractivity contribution in [1.29, 1.82) is 0 Å². The number of fused-ring (bicyclic) bond motifs is 3. The monoisotopic (exact) mass is 372 g/mol. The summed E-state index contributed by atoms with van der Waals surface area (Å²) >= 11 is 0. The summed E-state index contributed by atoms with van der Waals surface area (Å²) in [4.78, 5) is 12.5. The lowest BCUT2D eigenvalue weighted by atomic mass is 9.54. The second kappa shape index (κ2) is 4.88. The first-order chi connectivity index (χ1) is 12.7. The van der Waals surface area contributed by atoms with Crippen LogP contribution >= 0.6 is 0 Å². The Hall–Kier alpha value is -0.710. The molecule has 6 aliphatic rings. The Kier molecular flexibility index (Phi) is 3.10. The van der Waals surface area contributed by atoms with Crippen molar-refractivity contribution in [2.24, 2.45) is 22.7 Å². The molecule has 0 aromatic rings. The summed E-state index contributed by atoms with van der Waals surface area (Å²) in [6, 6.07) is 0. The molecule has 3 saturated carbocycles. The van der Waals surface area contributed by atoms with Gasteiger partial charge in [0.05, 0.1) is 13.2 Å². The molecule has 0 N–H and O–H groups in total. The third-order valence-corrected chi connectivity index (χ3v) is 9.02. The smallest absolute Gasteiger partial charge is 0.171 e. The van der Waals surface area contributed by atoms with Gasteiger partial charge in [0.25, 0.3) is 0 Å². The first kappa shape index (κ1) is 17.2. The van der Waals surface area contributed by atoms with Crippen LogP contribution in [0.15, 0.2) is 11.6 Å². The molecule has 0 aromatic carbocycles. The molecule has 148 valence electrons. The highest BCUT2D eigenvalue weighted by atomic mass is 16.7. The van der Waals surface area contributed by atoms with E-state index in [-0.39, 0.29) is 22.0 Å². The Bertz CT molecular complexity index is 743. The van der Waals surface area contributed by atoms with Crippen molar-refractivity contribution in [3.05, 3.63) is 11.6 Å². The summed E-state index contributed by atoms with van der Waals surface area (Å²) in [5, 5.41) is 0. The maximum Gasteiger partial charge on any atom is 0.171 e. The summed E-state index contributed by atoms with van der Waals surface area (Å²) in [7, 11) is 0. The van der Waals surface area contributed by atoms with Crippen LogP contribution in [0, 0.1) is 22.7 Å². The molecule has 4 heteroatoms. The fourth-order valence-corrected chi connectivity index (χ4v) is 7.35. The highest BCUT2D eigenvalue weighted by molar-refractivity contribution is 5.87. The van der Waals surface area contributed by atoms with E-state index in [1.165, 1.54) is 5.57 Å². The van der Waals surface area contributed by atoms with Crippen molar-refractivity contribution in [1.82, 2.24) is 0 Å². The van der Waals surface area contributed by atoms with Gasteiger partial charge in [-0.3, -0.25) is 4.79 Å². The fourth-order valence-electron chi connectivity index (χ4n) is 7.35. The van der Waals surface area contributed by atoms with Crippen LogP contribution < -0.4 is 0 Å². The van der Waals surface area contributed by atoms with Gasteiger partial charge in [-0.25, -0.2) is 0 Å². The predicted molar refractivity (Wildman–Crippen MR) is 100 cm³/mol. The van der Waals surface area contributed by atoms with E-state index < -0.39 is 5.79 Å². The molecule has 27 heavy (non-hydrogen) atoms. The lowest BCUT2D eigenvalue weighted by Gasteiger charge is -2.51. The molecule has 0 amide bonds. The lowest BCUT2D eigenvalue weighted by molar-refractivity contribution is -0.313. The molecule has 2 heterocycles. The summed E-state index contributed by atoms with van der Waals surface area (Å²) in [6.07, 6.45) is 10.2. The van der Waals surface area contributed by atoms with Crippen LogP contribution in [0.2, 0.25) is 0 Å². The highest BCUT2D eigenvalue weighted by Gasteiger charge is 2.79. The SMILES string of the molecule is CC1(C)COC2(CC[C@]34OC3(CCC3C4=CC[C@]4(C)C(=O)CCC34)C2)OC1. The Morgan fingerprint density at radius 1 is 1.04 bits per heavy atom. The number of carbonyl (C=O) groups excluding carboxylic acids is 1. The summed E-state index contributed by atoms with van der Waals surface area (Å²) in [6.45, 7) is 8.16. The Morgan fingerprint density at radius 3 is 2.59 bits per heavy atom. The molecule has 6 rings (SSSR count). The Balaban J connectivity index is 1.29. The molecule has 4 aliphatic carbocycles. The third kappa shape index (κ3) is 2.03. The number of rotatable bonds is 0. The van der Waals surface area contributed by atoms with Gasteiger partial charge in [-0.05, 0) is 49.5 Å². The average molecular weight is 373 g/mol. The minimum Gasteiger partial charge on any atom is -0.358 e. The minimum absolute atomic E-state index is 0.0756. The molecule has 0 aromatic heterocycles. The van der Waals surface area contributed by atoms with Crippen molar-refractivity contribution in [2.45, 2.75) is 89.1 Å². The molecular weight excluding hydrogens is 340 g/mol. The molecule has 2 aliphatic heterocycles. The zero-order chi connectivity index (χ0) is 18.7. The van der Waals surface area contributed by atoms with Crippen LogP contribution in [-0.2, 0) is 19.0 Å². The van der Waals surface area contributed by atoms with Gasteiger partial charge in [-0.1, -0.05) is 26.8 Å². The average Bonchev–Trinajstić information content (AvgIpc) is 3.23. The molecule has 4 nitrogen and oxygen atoms in total. The van der Waals surface area contributed by atoms with Crippen molar-refractivity contribution >= 4 is 5.78 Å². The third-order valence-electron chi connectivity index (χ3n) is 9.02. The Morgan fingerprint density at radius 2 is 1.81 bits per heavy atom. The van der Waals surface area contributed by atoms with E-state index in [2.05, 4.69) is 26.8 Å². The summed E-state index contributed by atoms with van der Waals surface area (Å²) in [5.74, 6) is 1.13. The standard InChI is InChI=1S/C23H32O4/c1-19(2)13-25-22(26-14-19)10-11-23-17-7-8-20(3)16(4-5-18(20)24)15(17)6-9-21(23,12-22)27-23/h7,15-16H,4-6,8-14H2,1-3H3/t15?,16?,20-,21?,23+/m0/s1. The van der Waals surface area contributed by atoms with Crippen molar-refractivity contribution in [2.75, 3.05) is 13.2 Å². The van der Waals surface area contributed by atoms with E-state index >= 15 is 0 Å². The maximum absolute atomic E-state index is 12.5. The molecular formula is C23H32O4. The maximum atomic E-state index is 12.5. The number of ether oxygens (including phenoxy) is 3. The highest BCUT2D eigenvalue weighted by Crippen LogP contribution is 2.73. The van der Waals surface area contributed by atoms with Gasteiger partial charge in [0.15, 0.2) is 5.79 Å². The van der Waals surface area contributed by atoms with Crippen LogP contribution in [0.4, 0.5) is 0 Å². The number of allylic oxidation sites excluding steroid dienone is 1. The van der Waals surface area contributed by atoms with Crippen LogP contribution in [0.5, 0.6) is 0 Å². The van der Waals surface area contributed by atoms with E-state index in [1.807, 2.05) is 0 Å². The van der Waals surface area contributed by atoms with Crippen LogP contribution in [-0.4, -0.2) is 36.0 Å². The molecule has 1 spiro atoms. The second-order valence-corrected chi connectivity index (χ2v) is 11.2. The zero-order valence-electron chi connectivity index (χ0n) is 16.9. The van der Waals surface area contributed by atoms with Gasteiger partial charge in [-0.15, -0.1) is 0 Å². The van der Waals surface area contributed by atoms with Crippen molar-refractivity contribution in [3.63, 3.8) is 0 Å². The minimum atomic E-state index is -0.435. The molecule has 5 fully saturated rings. The van der Waals surface area contributed by atoms with Gasteiger partial charge in [0.2, 0.25) is 0 Å². The lowest BCUT2D eigenvalue weighted by Crippen LogP contribution is -2.56. The zero-order valence-corrected chi connectivity index (χ0v) is 16.9. The van der Waals surface area contributed by atoms with Gasteiger partial charge in [0.1, 0.15) is 17.0 Å². The van der Waals surface area contributed by atoms with Gasteiger partial charge < -0.3 is 14.2 Å². The first-order valence-corrected chi connectivity index (χ1v) is 11.0. The number of carbonyl (C=O) groups is 1. The largest absolute Gasteiger partial charge is 0.358 e. The fraction of sp³-hybridized carbons (Fsp3) is 0.870. The van der Waals surface area contributed by atoms with E-state index in [1.54, 1.807) is 0 Å². The number of Topliss-reactive ketones (excluding diaryl/α,β-unsaturated/α-hetero) is 1. The molecule has 2 saturated heterocycles. The predicted octanol–water partition coefficient (Wildman–Crippen LogP) is 4.17. The second-order valence-electron chi connectivity index (χ2n) is 11.2.